The highest BCUT2D eigenvalue weighted by Gasteiger charge is 2.27. The molecule has 0 spiro atoms. The van der Waals surface area contributed by atoms with E-state index in [0.29, 0.717) is 29.5 Å². The Balaban J connectivity index is 1.54. The molecule has 0 radical (unpaired) electrons. The summed E-state index contributed by atoms with van der Waals surface area (Å²) < 4.78 is 10.5. The smallest absolute Gasteiger partial charge is 0.254 e. The fourth-order valence-corrected chi connectivity index (χ4v) is 3.32. The maximum Gasteiger partial charge on any atom is 0.254 e. The van der Waals surface area contributed by atoms with Crippen LogP contribution >= 0.6 is 0 Å². The average molecular weight is 320 g/mol. The summed E-state index contributed by atoms with van der Waals surface area (Å²) >= 11 is 0. The molecule has 1 amide bonds. The number of aliphatic hydroxyl groups excluding tert-OH is 1. The molecular weight excluding hydrogens is 296 g/mol. The second-order valence-electron chi connectivity index (χ2n) is 6.41. The highest BCUT2D eigenvalue weighted by atomic mass is 16.7. The average Bonchev–Trinajstić information content (AvgIpc) is 3.02. The topological polar surface area (TPSA) is 93.8 Å². The van der Waals surface area contributed by atoms with Gasteiger partial charge in [-0.1, -0.05) is 32.1 Å². The Morgan fingerprint density at radius 3 is 2.78 bits per heavy atom. The van der Waals surface area contributed by atoms with Gasteiger partial charge in [0, 0.05) is 17.8 Å². The summed E-state index contributed by atoms with van der Waals surface area (Å²) in [5.41, 5.74) is 6.60. The molecule has 2 atom stereocenters. The van der Waals surface area contributed by atoms with Crippen molar-refractivity contribution in [1.82, 2.24) is 0 Å². The van der Waals surface area contributed by atoms with Crippen LogP contribution in [0.3, 0.4) is 0 Å². The van der Waals surface area contributed by atoms with E-state index in [-0.39, 0.29) is 6.79 Å². The second kappa shape index (κ2) is 7.19. The van der Waals surface area contributed by atoms with Crippen molar-refractivity contribution in [3.8, 4) is 11.5 Å². The molecule has 1 saturated carbocycles. The van der Waals surface area contributed by atoms with Gasteiger partial charge in [-0.05, 0) is 24.5 Å². The van der Waals surface area contributed by atoms with Gasteiger partial charge in [-0.2, -0.15) is 0 Å². The lowest BCUT2D eigenvalue weighted by Gasteiger charge is -2.26. The van der Waals surface area contributed by atoms with Gasteiger partial charge in [0.25, 0.3) is 5.91 Å². The van der Waals surface area contributed by atoms with Crippen LogP contribution in [0.25, 0.3) is 0 Å². The third-order valence-electron chi connectivity index (χ3n) is 4.64. The molecule has 2 aliphatic rings. The monoisotopic (exact) mass is 320 g/mol. The molecule has 0 bridgehead atoms. The largest absolute Gasteiger partial charge is 0.454 e. The molecular formula is C17H24N2O4. The zero-order chi connectivity index (χ0) is 16.2. The van der Waals surface area contributed by atoms with Gasteiger partial charge in [0.15, 0.2) is 11.5 Å². The maximum atomic E-state index is 12.2. The van der Waals surface area contributed by atoms with E-state index in [4.69, 9.17) is 15.2 Å². The minimum absolute atomic E-state index is 0.182. The Morgan fingerprint density at radius 2 is 2.00 bits per heavy atom. The first-order valence-electron chi connectivity index (χ1n) is 8.27. The Hall–Kier alpha value is -1.79. The van der Waals surface area contributed by atoms with Crippen LogP contribution in [-0.2, 0) is 4.79 Å². The highest BCUT2D eigenvalue weighted by molar-refractivity contribution is 5.94. The molecule has 1 aliphatic carbocycles. The number of carbonyl (C=O) groups is 1. The summed E-state index contributed by atoms with van der Waals surface area (Å²) in [5, 5.41) is 12.9. The third kappa shape index (κ3) is 3.95. The number of carbonyl (C=O) groups excluding carboxylic acids is 1. The molecule has 1 aliphatic heterocycles. The molecule has 1 aromatic carbocycles. The van der Waals surface area contributed by atoms with E-state index in [2.05, 4.69) is 5.32 Å². The van der Waals surface area contributed by atoms with Crippen molar-refractivity contribution in [2.75, 3.05) is 12.1 Å². The van der Waals surface area contributed by atoms with Crippen LogP contribution in [0.15, 0.2) is 18.2 Å². The summed E-state index contributed by atoms with van der Waals surface area (Å²) in [7, 11) is 0. The van der Waals surface area contributed by atoms with Crippen molar-refractivity contribution in [2.24, 2.45) is 11.7 Å². The quantitative estimate of drug-likeness (QED) is 0.771. The molecule has 3 rings (SSSR count). The van der Waals surface area contributed by atoms with Gasteiger partial charge in [0.1, 0.15) is 6.10 Å². The van der Waals surface area contributed by atoms with Crippen LogP contribution in [0.4, 0.5) is 5.69 Å². The van der Waals surface area contributed by atoms with Gasteiger partial charge in [0.05, 0.1) is 0 Å². The summed E-state index contributed by atoms with van der Waals surface area (Å²) in [6.07, 6.45) is 5.49. The maximum absolute atomic E-state index is 12.2. The van der Waals surface area contributed by atoms with Crippen LogP contribution < -0.4 is 20.5 Å². The van der Waals surface area contributed by atoms with Crippen molar-refractivity contribution in [3.05, 3.63) is 18.2 Å². The first-order chi connectivity index (χ1) is 11.1. The molecule has 1 aromatic rings. The van der Waals surface area contributed by atoms with E-state index >= 15 is 0 Å². The number of aliphatic hydroxyl groups is 1. The zero-order valence-electron chi connectivity index (χ0n) is 13.2. The van der Waals surface area contributed by atoms with Crippen molar-refractivity contribution < 1.29 is 19.4 Å². The van der Waals surface area contributed by atoms with Crippen LogP contribution in [0.2, 0.25) is 0 Å². The summed E-state index contributed by atoms with van der Waals surface area (Å²) in [6.45, 7) is 0.182. The third-order valence-corrected chi connectivity index (χ3v) is 4.64. The Morgan fingerprint density at radius 1 is 1.26 bits per heavy atom. The van der Waals surface area contributed by atoms with Crippen LogP contribution in [0.1, 0.15) is 38.5 Å². The van der Waals surface area contributed by atoms with Crippen molar-refractivity contribution in [1.29, 1.82) is 0 Å². The normalized spacial score (nSPS) is 20.1. The molecule has 6 nitrogen and oxygen atoms in total. The highest BCUT2D eigenvalue weighted by Crippen LogP contribution is 2.34. The van der Waals surface area contributed by atoms with Crippen molar-refractivity contribution >= 4 is 11.6 Å². The van der Waals surface area contributed by atoms with E-state index in [0.717, 1.165) is 12.8 Å². The Bertz CT molecular complexity index is 558. The number of nitrogens with two attached hydrogens (primary N) is 1. The number of hydrogen-bond acceptors (Lipinski definition) is 5. The molecule has 23 heavy (non-hydrogen) atoms. The SMILES string of the molecule is NC(CC1CCCCC1)C(O)C(=O)Nc1ccc2c(c1)OCO2. The number of nitrogens with one attached hydrogen (secondary N) is 1. The Labute approximate surface area is 136 Å². The number of amides is 1. The standard InChI is InChI=1S/C17H24N2O4/c18-13(8-11-4-2-1-3-5-11)16(20)17(21)19-12-6-7-14-15(9-12)23-10-22-14/h6-7,9,11,13,16,20H,1-5,8,10,18H2,(H,19,21). The number of benzene rings is 1. The van der Waals surface area contributed by atoms with E-state index in [9.17, 15) is 9.90 Å². The van der Waals surface area contributed by atoms with Gasteiger partial charge in [-0.15, -0.1) is 0 Å². The second-order valence-corrected chi connectivity index (χ2v) is 6.41. The van der Waals surface area contributed by atoms with Crippen LogP contribution in [0, 0.1) is 5.92 Å². The Kier molecular flexibility index (Phi) is 5.03. The fourth-order valence-electron chi connectivity index (χ4n) is 3.32. The molecule has 2 unspecified atom stereocenters. The lowest BCUT2D eigenvalue weighted by molar-refractivity contribution is -0.125. The van der Waals surface area contributed by atoms with Gasteiger partial charge in [-0.3, -0.25) is 4.79 Å². The number of anilines is 1. The molecule has 1 heterocycles. The van der Waals surface area contributed by atoms with Crippen molar-refractivity contribution in [3.63, 3.8) is 0 Å². The number of ether oxygens (including phenoxy) is 2. The van der Waals surface area contributed by atoms with Crippen LogP contribution in [-0.4, -0.2) is 30.0 Å². The summed E-state index contributed by atoms with van der Waals surface area (Å²) in [6, 6.07) is 4.59. The number of rotatable bonds is 5. The van der Waals surface area contributed by atoms with E-state index in [1.54, 1.807) is 18.2 Å². The minimum Gasteiger partial charge on any atom is -0.454 e. The fraction of sp³-hybridized carbons (Fsp3) is 0.588. The van der Waals surface area contributed by atoms with Gasteiger partial charge in [0.2, 0.25) is 6.79 Å². The van der Waals surface area contributed by atoms with E-state index in [1.807, 2.05) is 0 Å². The summed E-state index contributed by atoms with van der Waals surface area (Å²) in [5.74, 6) is 1.28. The predicted molar refractivity (Wildman–Crippen MR) is 86.4 cm³/mol. The van der Waals surface area contributed by atoms with Gasteiger partial charge < -0.3 is 25.6 Å². The first-order valence-corrected chi connectivity index (χ1v) is 8.27. The minimum atomic E-state index is -1.21. The predicted octanol–water partition coefficient (Wildman–Crippen LogP) is 2.01. The molecule has 126 valence electrons. The van der Waals surface area contributed by atoms with Gasteiger partial charge in [-0.25, -0.2) is 0 Å². The van der Waals surface area contributed by atoms with Crippen molar-refractivity contribution in [2.45, 2.75) is 50.7 Å². The lowest BCUT2D eigenvalue weighted by atomic mass is 9.84. The number of fused-ring (bicyclic) bond motifs is 1. The molecule has 6 heteroatoms. The zero-order valence-corrected chi connectivity index (χ0v) is 13.2. The molecule has 0 aromatic heterocycles. The molecule has 1 fully saturated rings. The van der Waals surface area contributed by atoms with Gasteiger partial charge >= 0.3 is 0 Å². The summed E-state index contributed by atoms with van der Waals surface area (Å²) in [4.78, 5) is 12.2. The lowest BCUT2D eigenvalue weighted by Crippen LogP contribution is -2.44. The molecule has 4 N–H and O–H groups in total. The molecule has 0 saturated heterocycles. The number of hydrogen-bond donors (Lipinski definition) is 3. The van der Waals surface area contributed by atoms with Crippen LogP contribution in [0.5, 0.6) is 11.5 Å². The van der Waals surface area contributed by atoms with E-state index in [1.165, 1.54) is 19.3 Å². The van der Waals surface area contributed by atoms with E-state index < -0.39 is 18.1 Å². The first kappa shape index (κ1) is 16.1.